The van der Waals surface area contributed by atoms with Gasteiger partial charge in [-0.05, 0) is 0 Å². The van der Waals surface area contributed by atoms with Gasteiger partial charge in [0.1, 0.15) is 0 Å². The molecule has 0 saturated carbocycles. The molecule has 0 aliphatic heterocycles. The van der Waals surface area contributed by atoms with Crippen molar-refractivity contribution < 1.29 is 22.4 Å². The second-order valence-corrected chi connectivity index (χ2v) is 0.577. The largest absolute Gasteiger partial charge is 0.329 e. The van der Waals surface area contributed by atoms with Gasteiger partial charge in [-0.3, -0.25) is 0 Å². The zero-order chi connectivity index (χ0) is 3.41. The Labute approximate surface area is 47.4 Å². The van der Waals surface area contributed by atoms with Crippen LogP contribution >= 0.6 is 0 Å². The van der Waals surface area contributed by atoms with Crippen LogP contribution in [0, 0.1) is 0 Å². The summed E-state index contributed by atoms with van der Waals surface area (Å²) in [5.41, 5.74) is 9.81. The van der Waals surface area contributed by atoms with Gasteiger partial charge in [-0.2, -0.15) is 0 Å². The Morgan fingerprint density at radius 2 is 1.20 bits per heavy atom. The Morgan fingerprint density at radius 3 is 1.20 bits per heavy atom. The second-order valence-electron chi connectivity index (χ2n) is 0.577. The van der Waals surface area contributed by atoms with Crippen molar-refractivity contribution in [1.29, 1.82) is 0 Å². The molecule has 0 heterocycles. The van der Waals surface area contributed by atoms with E-state index in [1.54, 1.807) is 0 Å². The molecule has 0 aromatic heterocycles. The van der Waals surface area contributed by atoms with Crippen molar-refractivity contribution in [3.63, 3.8) is 0 Å². The van der Waals surface area contributed by atoms with Gasteiger partial charge >= 0.3 is 0 Å². The Morgan fingerprint density at radius 1 is 1.00 bits per heavy atom. The first-order chi connectivity index (χ1) is 1.91. The van der Waals surface area contributed by atoms with Gasteiger partial charge in [-0.15, -0.1) is 0 Å². The first kappa shape index (κ1) is 9.18. The molecule has 0 rings (SSSR count). The van der Waals surface area contributed by atoms with Gasteiger partial charge in [-0.1, -0.05) is 0 Å². The van der Waals surface area contributed by atoms with Gasteiger partial charge in [0.15, 0.2) is 0 Å². The summed E-state index contributed by atoms with van der Waals surface area (Å²) in [6, 6.07) is 0. The topological polar surface area (TPSA) is 52.0 Å². The summed E-state index contributed by atoms with van der Waals surface area (Å²) in [6.45, 7) is 1.19. The van der Waals surface area contributed by atoms with Gasteiger partial charge in [0.2, 0.25) is 0 Å². The zero-order valence-electron chi connectivity index (χ0n) is 2.87. The zero-order valence-corrected chi connectivity index (χ0v) is 5.04. The van der Waals surface area contributed by atoms with E-state index in [2.05, 4.69) is 0 Å². The van der Waals surface area contributed by atoms with Gasteiger partial charge in [0.25, 0.3) is 0 Å². The third-order valence-electron chi connectivity index (χ3n) is 0.167. The molecule has 2 nitrogen and oxygen atoms in total. The Hall–Kier alpha value is 0.660. The minimum absolute atomic E-state index is 0. The molecule has 3 heteroatoms. The SMILES string of the molecule is NCCN.[Au]. The number of hydrogen-bond acceptors (Lipinski definition) is 2. The average molecular weight is 257 g/mol. The average Bonchev–Trinajstić information content (AvgIpc) is 1.37. The Kier molecular flexibility index (Phi) is 16.2. The van der Waals surface area contributed by atoms with E-state index in [-0.39, 0.29) is 22.4 Å². The number of nitrogens with two attached hydrogens (primary N) is 2. The van der Waals surface area contributed by atoms with Crippen molar-refractivity contribution in [2.75, 3.05) is 13.1 Å². The van der Waals surface area contributed by atoms with Crippen LogP contribution in [-0.4, -0.2) is 13.1 Å². The van der Waals surface area contributed by atoms with E-state index < -0.39 is 0 Å². The molecule has 0 aliphatic rings. The maximum Gasteiger partial charge on any atom is 0.00461 e. The van der Waals surface area contributed by atoms with Gasteiger partial charge in [-0.25, -0.2) is 0 Å². The van der Waals surface area contributed by atoms with Gasteiger partial charge < -0.3 is 11.5 Å². The monoisotopic (exact) mass is 257 g/mol. The van der Waals surface area contributed by atoms with E-state index in [1.165, 1.54) is 0 Å². The molecular formula is C2H8AuN2. The first-order valence-corrected chi connectivity index (χ1v) is 1.32. The molecule has 0 spiro atoms. The van der Waals surface area contributed by atoms with Crippen molar-refractivity contribution in [1.82, 2.24) is 0 Å². The maximum atomic E-state index is 4.90. The van der Waals surface area contributed by atoms with E-state index in [0.717, 1.165) is 0 Å². The van der Waals surface area contributed by atoms with Crippen LogP contribution in [0.5, 0.6) is 0 Å². The fourth-order valence-corrected chi connectivity index (χ4v) is 0. The molecule has 0 bridgehead atoms. The molecule has 37 valence electrons. The summed E-state index contributed by atoms with van der Waals surface area (Å²) >= 11 is 0. The first-order valence-electron chi connectivity index (χ1n) is 1.32. The summed E-state index contributed by atoms with van der Waals surface area (Å²) in [6.07, 6.45) is 0. The molecule has 0 aromatic rings. The van der Waals surface area contributed by atoms with Crippen LogP contribution < -0.4 is 11.5 Å². The number of hydrogen-bond donors (Lipinski definition) is 2. The standard InChI is InChI=1S/C2H8N2.Au/c3-1-2-4;/h1-4H2;. The van der Waals surface area contributed by atoms with Gasteiger partial charge in [0, 0.05) is 35.5 Å². The molecule has 0 aromatic carbocycles. The molecule has 5 heavy (non-hydrogen) atoms. The van der Waals surface area contributed by atoms with Crippen molar-refractivity contribution >= 4 is 0 Å². The fraction of sp³-hybridized carbons (Fsp3) is 1.00. The van der Waals surface area contributed by atoms with Crippen molar-refractivity contribution in [3.05, 3.63) is 0 Å². The molecule has 0 unspecified atom stereocenters. The Balaban J connectivity index is 0. The summed E-state index contributed by atoms with van der Waals surface area (Å²) < 4.78 is 0. The Bertz CT molecular complexity index is 9.61. The van der Waals surface area contributed by atoms with Crippen LogP contribution in [0.3, 0.4) is 0 Å². The third-order valence-corrected chi connectivity index (χ3v) is 0.167. The summed E-state index contributed by atoms with van der Waals surface area (Å²) in [4.78, 5) is 0. The van der Waals surface area contributed by atoms with Crippen LogP contribution in [0.4, 0.5) is 0 Å². The predicted octanol–water partition coefficient (Wildman–Crippen LogP) is -1.10. The van der Waals surface area contributed by atoms with Crippen LogP contribution in [0.25, 0.3) is 0 Å². The minimum atomic E-state index is 0. The maximum absolute atomic E-state index is 4.90. The van der Waals surface area contributed by atoms with Crippen molar-refractivity contribution in [3.8, 4) is 0 Å². The van der Waals surface area contributed by atoms with Gasteiger partial charge in [0.05, 0.1) is 0 Å². The number of rotatable bonds is 1. The van der Waals surface area contributed by atoms with E-state index in [0.29, 0.717) is 13.1 Å². The summed E-state index contributed by atoms with van der Waals surface area (Å²) in [5, 5.41) is 0. The second kappa shape index (κ2) is 8.82. The van der Waals surface area contributed by atoms with Crippen LogP contribution in [0.15, 0.2) is 0 Å². The summed E-state index contributed by atoms with van der Waals surface area (Å²) in [7, 11) is 0. The van der Waals surface area contributed by atoms with Crippen molar-refractivity contribution in [2.45, 2.75) is 0 Å². The summed E-state index contributed by atoms with van der Waals surface area (Å²) in [5.74, 6) is 0. The smallest absolute Gasteiger partial charge is 0.00461 e. The quantitative estimate of drug-likeness (QED) is 0.586. The van der Waals surface area contributed by atoms with Crippen LogP contribution in [-0.2, 0) is 22.4 Å². The van der Waals surface area contributed by atoms with Crippen LogP contribution in [0.2, 0.25) is 0 Å². The van der Waals surface area contributed by atoms with Crippen molar-refractivity contribution in [2.24, 2.45) is 11.5 Å². The molecule has 0 atom stereocenters. The minimum Gasteiger partial charge on any atom is -0.329 e. The van der Waals surface area contributed by atoms with E-state index >= 15 is 0 Å². The molecule has 4 N–H and O–H groups in total. The van der Waals surface area contributed by atoms with E-state index in [1.807, 2.05) is 0 Å². The molecule has 0 saturated heterocycles. The molecular weight excluding hydrogens is 249 g/mol. The molecule has 0 fully saturated rings. The van der Waals surface area contributed by atoms with E-state index in [9.17, 15) is 0 Å². The fourth-order valence-electron chi connectivity index (χ4n) is 0. The molecule has 1 radical (unpaired) electrons. The van der Waals surface area contributed by atoms with Crippen LogP contribution in [0.1, 0.15) is 0 Å². The normalized spacial score (nSPS) is 6.00. The molecule has 0 aliphatic carbocycles. The predicted molar refractivity (Wildman–Crippen MR) is 18.1 cm³/mol. The molecule has 0 amide bonds. The van der Waals surface area contributed by atoms with E-state index in [4.69, 9.17) is 11.5 Å². The third kappa shape index (κ3) is 12.0.